The molecule has 2 saturated heterocycles. The number of hydrogen-bond donors (Lipinski definition) is 2. The molecule has 338 valence electrons. The Balaban J connectivity index is 0.000000272. The van der Waals surface area contributed by atoms with Crippen LogP contribution in [-0.2, 0) is 16.0 Å². The Morgan fingerprint density at radius 1 is 0.523 bits per heavy atom. The van der Waals surface area contributed by atoms with Crippen LogP contribution in [0.1, 0.15) is 33.4 Å². The van der Waals surface area contributed by atoms with Crippen molar-refractivity contribution in [3.63, 3.8) is 0 Å². The molecule has 14 heteroatoms. The van der Waals surface area contributed by atoms with Gasteiger partial charge in [-0.15, -0.1) is 0 Å². The van der Waals surface area contributed by atoms with Gasteiger partial charge in [0.25, 0.3) is 16.4 Å². The Labute approximate surface area is 388 Å². The lowest BCUT2D eigenvalue weighted by atomic mass is 10.0. The molecular weight excluding hydrogens is 865 g/mol. The average molecular weight is 917 g/mol. The van der Waals surface area contributed by atoms with Gasteiger partial charge in [0.2, 0.25) is 5.91 Å². The molecule has 6 aromatic rings. The third-order valence-electron chi connectivity index (χ3n) is 9.51. The molecule has 2 heterocycles. The summed E-state index contributed by atoms with van der Waals surface area (Å²) in [5.41, 5.74) is 5.54. The Bertz CT molecular complexity index is 2650. The maximum atomic E-state index is 11.7. The first kappa shape index (κ1) is 50.5. The summed E-state index contributed by atoms with van der Waals surface area (Å²) in [5.74, 6) is 4.98. The number of ether oxygens (including phenoxy) is 6. The number of nitrogens with one attached hydrogen (secondary N) is 2. The van der Waals surface area contributed by atoms with Gasteiger partial charge in [-0.2, -0.15) is 0 Å². The average Bonchev–Trinajstić information content (AvgIpc) is 3.79. The van der Waals surface area contributed by atoms with E-state index in [-0.39, 0.29) is 49.8 Å². The molecule has 1 atom stereocenters. The Hall–Kier alpha value is -7.16. The van der Waals surface area contributed by atoms with Crippen molar-refractivity contribution in [2.24, 2.45) is 0 Å². The van der Waals surface area contributed by atoms with Crippen molar-refractivity contribution < 1.29 is 47.6 Å². The molecule has 0 spiro atoms. The van der Waals surface area contributed by atoms with Crippen LogP contribution >= 0.6 is 23.5 Å². The van der Waals surface area contributed by atoms with E-state index in [2.05, 4.69) is 10.6 Å². The Kier molecular flexibility index (Phi) is 18.3. The number of imide groups is 2. The van der Waals surface area contributed by atoms with Crippen LogP contribution in [0.2, 0.25) is 0 Å². The number of rotatable bonds is 13. The zero-order valence-corrected chi connectivity index (χ0v) is 35.6. The molecule has 65 heavy (non-hydrogen) atoms. The highest BCUT2D eigenvalue weighted by Crippen LogP contribution is 2.37. The summed E-state index contributed by atoms with van der Waals surface area (Å²) >= 11 is 1.92. The van der Waals surface area contributed by atoms with Gasteiger partial charge in [-0.05, 0) is 119 Å². The Morgan fingerprint density at radius 3 is 1.45 bits per heavy atom. The quantitative estimate of drug-likeness (QED) is 0.106. The summed E-state index contributed by atoms with van der Waals surface area (Å²) in [6, 6.07) is 41.6. The third-order valence-corrected chi connectivity index (χ3v) is 11.3. The molecular formula is C51H52N2O10S2. The number of benzene rings is 6. The lowest BCUT2D eigenvalue weighted by Gasteiger charge is -2.12. The minimum Gasteiger partial charge on any atom is -0.497 e. The molecule has 2 aliphatic rings. The second kappa shape index (κ2) is 23.5. The van der Waals surface area contributed by atoms with E-state index in [0.717, 1.165) is 68.4 Å². The molecule has 1 unspecified atom stereocenters. The largest absolute Gasteiger partial charge is 0.497 e. The van der Waals surface area contributed by atoms with E-state index < -0.39 is 0 Å². The van der Waals surface area contributed by atoms with Crippen LogP contribution in [-0.4, -0.2) is 56.0 Å². The molecule has 0 saturated carbocycles. The summed E-state index contributed by atoms with van der Waals surface area (Å²) in [5, 5.41) is 3.52. The lowest BCUT2D eigenvalue weighted by molar-refractivity contribution is -0.119. The number of carbonyl (C=O) groups is 4. The molecule has 8 rings (SSSR count). The molecule has 12 nitrogen and oxygen atoms in total. The van der Waals surface area contributed by atoms with Crippen molar-refractivity contribution in [1.82, 2.24) is 10.6 Å². The fraction of sp³-hybridized carbons (Fsp3) is 0.176. The van der Waals surface area contributed by atoms with Crippen LogP contribution in [0.3, 0.4) is 0 Å². The number of methoxy groups -OCH3 is 4. The van der Waals surface area contributed by atoms with Gasteiger partial charge >= 0.3 is 0 Å². The number of hydrogen-bond acceptors (Lipinski definition) is 12. The highest BCUT2D eigenvalue weighted by molar-refractivity contribution is 8.18. The van der Waals surface area contributed by atoms with Crippen LogP contribution < -0.4 is 39.1 Å². The van der Waals surface area contributed by atoms with Gasteiger partial charge in [0.15, 0.2) is 0 Å². The van der Waals surface area contributed by atoms with Crippen LogP contribution in [0.5, 0.6) is 46.0 Å². The molecule has 6 aromatic carbocycles. The minimum atomic E-state index is -0.379. The second-order valence-corrected chi connectivity index (χ2v) is 15.7. The van der Waals surface area contributed by atoms with Crippen LogP contribution in [0, 0.1) is 0 Å². The normalized spacial score (nSPS) is 14.3. The van der Waals surface area contributed by atoms with Gasteiger partial charge in [0, 0.05) is 23.3 Å². The van der Waals surface area contributed by atoms with Crippen LogP contribution in [0.25, 0.3) is 28.3 Å². The third kappa shape index (κ3) is 13.0. The minimum absolute atomic E-state index is 0. The van der Waals surface area contributed by atoms with Crippen molar-refractivity contribution >= 4 is 51.9 Å². The molecule has 0 aromatic heterocycles. The first-order valence-electron chi connectivity index (χ1n) is 19.1. The van der Waals surface area contributed by atoms with Crippen molar-refractivity contribution in [1.29, 1.82) is 0 Å². The Morgan fingerprint density at radius 2 is 1.02 bits per heavy atom. The molecule has 0 aliphatic carbocycles. The van der Waals surface area contributed by atoms with E-state index in [1.807, 2.05) is 133 Å². The number of amides is 4. The van der Waals surface area contributed by atoms with E-state index in [1.54, 1.807) is 34.5 Å². The van der Waals surface area contributed by atoms with E-state index in [9.17, 15) is 19.2 Å². The van der Waals surface area contributed by atoms with Gasteiger partial charge in [-0.3, -0.25) is 29.8 Å². The fourth-order valence-corrected chi connectivity index (χ4v) is 7.98. The summed E-state index contributed by atoms with van der Waals surface area (Å²) in [6.45, 7) is 0. The maximum absolute atomic E-state index is 11.7. The molecule has 2 fully saturated rings. The highest BCUT2D eigenvalue weighted by Gasteiger charge is 2.31. The predicted octanol–water partition coefficient (Wildman–Crippen LogP) is 12.5. The van der Waals surface area contributed by atoms with Crippen molar-refractivity contribution in [3.05, 3.63) is 149 Å². The zero-order chi connectivity index (χ0) is 43.6. The zero-order valence-electron chi connectivity index (χ0n) is 34.0. The second-order valence-electron chi connectivity index (χ2n) is 13.5. The summed E-state index contributed by atoms with van der Waals surface area (Å²) in [6.07, 6.45) is 2.17. The van der Waals surface area contributed by atoms with Gasteiger partial charge in [0.1, 0.15) is 46.0 Å². The van der Waals surface area contributed by atoms with Gasteiger partial charge < -0.3 is 28.4 Å². The van der Waals surface area contributed by atoms with Crippen LogP contribution in [0.15, 0.2) is 138 Å². The monoisotopic (exact) mass is 916 g/mol. The van der Waals surface area contributed by atoms with Gasteiger partial charge in [-0.25, -0.2) is 0 Å². The van der Waals surface area contributed by atoms with E-state index in [1.165, 1.54) is 0 Å². The summed E-state index contributed by atoms with van der Waals surface area (Å²) in [4.78, 5) is 46.4. The summed E-state index contributed by atoms with van der Waals surface area (Å²) < 4.78 is 33.6. The summed E-state index contributed by atoms with van der Waals surface area (Å²) in [7, 11) is 6.49. The highest BCUT2D eigenvalue weighted by atomic mass is 32.2. The SMILES string of the molecule is C.C.C.COc1ccc(-c2cccc(Oc3ccc(/C=C4\SC(=O)NC4=O)cc3)c2)c(OC)c1.COc1ccc(-c2cccc(Oc3ccc(CC4SC(=O)NC4=O)cc3)c2)c(OC)c1. The molecule has 4 amide bonds. The van der Waals surface area contributed by atoms with E-state index in [0.29, 0.717) is 45.8 Å². The van der Waals surface area contributed by atoms with E-state index in [4.69, 9.17) is 28.4 Å². The van der Waals surface area contributed by atoms with Crippen molar-refractivity contribution in [2.75, 3.05) is 28.4 Å². The maximum Gasteiger partial charge on any atom is 0.290 e. The van der Waals surface area contributed by atoms with Gasteiger partial charge in [-0.1, -0.05) is 82.6 Å². The van der Waals surface area contributed by atoms with Crippen LogP contribution in [0.4, 0.5) is 9.59 Å². The topological polar surface area (TPSA) is 148 Å². The molecule has 0 bridgehead atoms. The van der Waals surface area contributed by atoms with Gasteiger partial charge in [0.05, 0.1) is 38.6 Å². The predicted molar refractivity (Wildman–Crippen MR) is 261 cm³/mol. The van der Waals surface area contributed by atoms with Crippen molar-refractivity contribution in [3.8, 4) is 68.2 Å². The first-order valence-corrected chi connectivity index (χ1v) is 20.8. The molecule has 2 N–H and O–H groups in total. The smallest absolute Gasteiger partial charge is 0.290 e. The number of thioether (sulfide) groups is 2. The molecule has 0 radical (unpaired) electrons. The van der Waals surface area contributed by atoms with Crippen molar-refractivity contribution in [2.45, 2.75) is 34.0 Å². The molecule has 2 aliphatic heterocycles. The first-order chi connectivity index (χ1) is 30.1. The lowest BCUT2D eigenvalue weighted by Crippen LogP contribution is -2.25. The fourth-order valence-electron chi connectivity index (χ4n) is 6.44. The number of carbonyl (C=O) groups excluding carboxylic acids is 4. The standard InChI is InChI=1S/C24H21NO5S.C24H19NO5S.3CH4/c2*1-28-18-10-11-20(21(14-18)29-2)16-4-3-5-19(13-16)30-17-8-6-15(7-9-17)12-22-23(26)25-24(27)31-22;;;/h3-11,13-14,22H,12H2,1-2H3,(H,25,26,27);3-14H,1-2H3,(H,25,26,27);3*1H4/b;22-12-;;;. The van der Waals surface area contributed by atoms with E-state index >= 15 is 0 Å².